The van der Waals surface area contributed by atoms with Gasteiger partial charge in [0.25, 0.3) is 0 Å². The second kappa shape index (κ2) is 5.69. The average molecular weight is 315 g/mol. The Balaban J connectivity index is 1.86. The zero-order valence-electron chi connectivity index (χ0n) is 12.8. The summed E-state index contributed by atoms with van der Waals surface area (Å²) in [6, 6.07) is 10.2. The molecule has 2 nitrogen and oxygen atoms in total. The summed E-state index contributed by atoms with van der Waals surface area (Å²) in [6.45, 7) is 1.61. The van der Waals surface area contributed by atoms with Gasteiger partial charge in [0.1, 0.15) is 11.6 Å². The van der Waals surface area contributed by atoms with Crippen molar-refractivity contribution in [2.45, 2.75) is 37.9 Å². The van der Waals surface area contributed by atoms with Gasteiger partial charge in [-0.15, -0.1) is 0 Å². The maximum atomic E-state index is 13.8. The fraction of sp³-hybridized carbons (Fsp3) is 0.368. The number of hydrogen-bond acceptors (Lipinski definition) is 2. The summed E-state index contributed by atoms with van der Waals surface area (Å²) in [5, 5.41) is 9.20. The quantitative estimate of drug-likeness (QED) is 0.936. The van der Waals surface area contributed by atoms with Crippen molar-refractivity contribution in [3.63, 3.8) is 0 Å². The molecule has 1 unspecified atom stereocenters. The molecule has 0 saturated heterocycles. The van der Waals surface area contributed by atoms with Crippen molar-refractivity contribution in [3.05, 3.63) is 70.3 Å². The highest BCUT2D eigenvalue weighted by molar-refractivity contribution is 5.47. The topological polar surface area (TPSA) is 23.5 Å². The molecule has 0 saturated carbocycles. The van der Waals surface area contributed by atoms with Crippen LogP contribution in [0.15, 0.2) is 36.4 Å². The summed E-state index contributed by atoms with van der Waals surface area (Å²) in [6.07, 6.45) is 1.58. The molecule has 0 fully saturated rings. The number of aliphatic hydroxyl groups is 1. The first kappa shape index (κ1) is 14.8. The van der Waals surface area contributed by atoms with E-state index in [2.05, 4.69) is 4.90 Å². The molecule has 2 heterocycles. The molecule has 0 spiro atoms. The molecule has 2 aromatic rings. The maximum Gasteiger partial charge on any atom is 0.123 e. The molecule has 2 aromatic carbocycles. The number of benzene rings is 2. The molecule has 120 valence electrons. The average Bonchev–Trinajstić information content (AvgIpc) is 2.53. The Bertz CT molecular complexity index is 746. The van der Waals surface area contributed by atoms with E-state index in [0.29, 0.717) is 6.54 Å². The van der Waals surface area contributed by atoms with Crippen LogP contribution in [0.5, 0.6) is 0 Å². The Hall–Kier alpha value is -1.78. The van der Waals surface area contributed by atoms with E-state index >= 15 is 0 Å². The molecular formula is C19H19F2NO. The van der Waals surface area contributed by atoms with E-state index in [-0.39, 0.29) is 30.2 Å². The van der Waals surface area contributed by atoms with Crippen molar-refractivity contribution in [2.24, 2.45) is 0 Å². The van der Waals surface area contributed by atoms with Crippen molar-refractivity contribution in [2.75, 3.05) is 6.61 Å². The Morgan fingerprint density at radius 3 is 2.52 bits per heavy atom. The van der Waals surface area contributed by atoms with Crippen LogP contribution in [0.3, 0.4) is 0 Å². The van der Waals surface area contributed by atoms with Crippen LogP contribution in [0.1, 0.15) is 41.0 Å². The fourth-order valence-corrected chi connectivity index (χ4v) is 4.18. The van der Waals surface area contributed by atoms with Crippen molar-refractivity contribution in [3.8, 4) is 0 Å². The Labute approximate surface area is 134 Å². The monoisotopic (exact) mass is 315 g/mol. The van der Waals surface area contributed by atoms with Crippen molar-refractivity contribution in [1.82, 2.24) is 4.90 Å². The molecule has 2 aliphatic rings. The smallest absolute Gasteiger partial charge is 0.123 e. The standard InChI is InChI=1S/C19H19F2NO/c20-14-5-6-16-13(8-14)11-22-10-12-3-4-15(21)9-17(12)19(16)18(22)2-1-7-23/h3-6,8-9,18-19,23H,1-2,7,10-11H2/t18-,19+/m0/s1. The largest absolute Gasteiger partial charge is 0.396 e. The van der Waals surface area contributed by atoms with Crippen molar-refractivity contribution >= 4 is 0 Å². The van der Waals surface area contributed by atoms with Crippen LogP contribution in [0.2, 0.25) is 0 Å². The number of rotatable bonds is 3. The van der Waals surface area contributed by atoms with Gasteiger partial charge in [0.05, 0.1) is 0 Å². The Morgan fingerprint density at radius 2 is 1.70 bits per heavy atom. The molecule has 0 amide bonds. The highest BCUT2D eigenvalue weighted by Crippen LogP contribution is 2.45. The summed E-state index contributed by atoms with van der Waals surface area (Å²) in [7, 11) is 0. The SMILES string of the molecule is OCCC[C@H]1[C@@H]2c3ccc(F)cc3CN1Cc1ccc(F)cc12. The van der Waals surface area contributed by atoms with Crippen LogP contribution in [-0.4, -0.2) is 22.7 Å². The van der Waals surface area contributed by atoms with Crippen LogP contribution in [0.4, 0.5) is 8.78 Å². The van der Waals surface area contributed by atoms with Gasteiger partial charge >= 0.3 is 0 Å². The molecule has 0 radical (unpaired) electrons. The van der Waals surface area contributed by atoms with E-state index in [4.69, 9.17) is 0 Å². The third kappa shape index (κ3) is 2.46. The second-order valence-corrected chi connectivity index (χ2v) is 6.50. The van der Waals surface area contributed by atoms with Gasteiger partial charge in [-0.1, -0.05) is 12.1 Å². The predicted molar refractivity (Wildman–Crippen MR) is 84.0 cm³/mol. The van der Waals surface area contributed by atoms with E-state index < -0.39 is 0 Å². The van der Waals surface area contributed by atoms with Crippen molar-refractivity contribution in [1.29, 1.82) is 0 Å². The lowest BCUT2D eigenvalue weighted by Crippen LogP contribution is -2.47. The molecule has 4 rings (SSSR count). The van der Waals surface area contributed by atoms with Crippen LogP contribution < -0.4 is 0 Å². The van der Waals surface area contributed by atoms with Crippen LogP contribution in [0, 0.1) is 11.6 Å². The number of halogens is 2. The van der Waals surface area contributed by atoms with E-state index in [1.54, 1.807) is 12.1 Å². The second-order valence-electron chi connectivity index (χ2n) is 6.50. The molecule has 0 aliphatic carbocycles. The molecule has 1 N–H and O–H groups in total. The lowest BCUT2D eigenvalue weighted by molar-refractivity contribution is 0.115. The van der Waals surface area contributed by atoms with Gasteiger partial charge in [0.2, 0.25) is 0 Å². The summed E-state index contributed by atoms with van der Waals surface area (Å²) < 4.78 is 27.4. The normalized spacial score (nSPS) is 24.9. The maximum absolute atomic E-state index is 13.8. The van der Waals surface area contributed by atoms with Gasteiger partial charge in [-0.25, -0.2) is 8.78 Å². The summed E-state index contributed by atoms with van der Waals surface area (Å²) in [5.41, 5.74) is 4.24. The first-order chi connectivity index (χ1) is 11.2. The van der Waals surface area contributed by atoms with E-state index in [1.165, 1.54) is 12.1 Å². The lowest BCUT2D eigenvalue weighted by atomic mass is 9.73. The minimum atomic E-state index is -0.229. The lowest BCUT2D eigenvalue weighted by Gasteiger charge is -2.47. The van der Waals surface area contributed by atoms with E-state index in [0.717, 1.165) is 41.6 Å². The Kier molecular flexibility index (Phi) is 3.66. The molecule has 2 aliphatic heterocycles. The first-order valence-corrected chi connectivity index (χ1v) is 8.09. The molecule has 0 aromatic heterocycles. The van der Waals surface area contributed by atoms with E-state index in [9.17, 15) is 13.9 Å². The van der Waals surface area contributed by atoms with Gasteiger partial charge in [-0.3, -0.25) is 4.90 Å². The van der Waals surface area contributed by atoms with Crippen LogP contribution in [-0.2, 0) is 13.1 Å². The highest BCUT2D eigenvalue weighted by atomic mass is 19.1. The summed E-state index contributed by atoms with van der Waals surface area (Å²) in [5.74, 6) is -0.408. The number of aliphatic hydroxyl groups excluding tert-OH is 1. The third-order valence-electron chi connectivity index (χ3n) is 5.14. The molecule has 4 heteroatoms. The Morgan fingerprint density at radius 1 is 0.957 bits per heavy atom. The zero-order valence-corrected chi connectivity index (χ0v) is 12.8. The highest BCUT2D eigenvalue weighted by Gasteiger charge is 2.40. The van der Waals surface area contributed by atoms with E-state index in [1.807, 2.05) is 12.1 Å². The molecule has 2 bridgehead atoms. The molecule has 3 atom stereocenters. The number of nitrogens with zero attached hydrogens (tertiary/aromatic N) is 1. The molecule has 23 heavy (non-hydrogen) atoms. The molecular weight excluding hydrogens is 296 g/mol. The van der Waals surface area contributed by atoms with Crippen molar-refractivity contribution < 1.29 is 13.9 Å². The van der Waals surface area contributed by atoms with Gasteiger partial charge < -0.3 is 5.11 Å². The van der Waals surface area contributed by atoms with Crippen LogP contribution >= 0.6 is 0 Å². The van der Waals surface area contributed by atoms with Gasteiger partial charge in [0.15, 0.2) is 0 Å². The van der Waals surface area contributed by atoms with Gasteiger partial charge in [0, 0.05) is 31.7 Å². The third-order valence-corrected chi connectivity index (χ3v) is 5.14. The van der Waals surface area contributed by atoms with Gasteiger partial charge in [-0.2, -0.15) is 0 Å². The van der Waals surface area contributed by atoms with Gasteiger partial charge in [-0.05, 0) is 59.4 Å². The minimum absolute atomic E-state index is 0.0466. The summed E-state index contributed by atoms with van der Waals surface area (Å²) >= 11 is 0. The summed E-state index contributed by atoms with van der Waals surface area (Å²) in [4.78, 5) is 2.34. The van der Waals surface area contributed by atoms with Crippen LogP contribution in [0.25, 0.3) is 0 Å². The number of fused-ring (bicyclic) bond motifs is 6. The number of hydrogen-bond donors (Lipinski definition) is 1. The fourth-order valence-electron chi connectivity index (χ4n) is 4.18. The zero-order chi connectivity index (χ0) is 16.0. The predicted octanol–water partition coefficient (Wildman–Crippen LogP) is 3.57. The minimum Gasteiger partial charge on any atom is -0.396 e. The first-order valence-electron chi connectivity index (χ1n) is 8.09.